The second-order valence-electron chi connectivity index (χ2n) is 7.85. The van der Waals surface area contributed by atoms with Crippen LogP contribution in [0.2, 0.25) is 0 Å². The molecular weight excluding hydrogens is 364 g/mol. The molecule has 1 aromatic heterocycles. The number of carboxylic acid groups (broad SMARTS) is 1. The average Bonchev–Trinajstić information content (AvgIpc) is 3.04. The molecule has 0 aliphatic carbocycles. The van der Waals surface area contributed by atoms with Crippen molar-refractivity contribution in [1.82, 2.24) is 4.90 Å². The molecule has 1 unspecified atom stereocenters. The summed E-state index contributed by atoms with van der Waals surface area (Å²) < 4.78 is 5.29. The fraction of sp³-hybridized carbons (Fsp3) is 0.600. The number of carboxylic acids is 1. The van der Waals surface area contributed by atoms with Gasteiger partial charge < -0.3 is 19.6 Å². The second-order valence-corrected chi connectivity index (χ2v) is 8.90. The highest BCUT2D eigenvalue weighted by Gasteiger charge is 2.25. The van der Waals surface area contributed by atoms with Crippen molar-refractivity contribution < 1.29 is 19.4 Å². The molecule has 1 amide bonds. The van der Waals surface area contributed by atoms with E-state index >= 15 is 0 Å². The number of amides is 1. The van der Waals surface area contributed by atoms with E-state index in [1.165, 1.54) is 11.3 Å². The summed E-state index contributed by atoms with van der Waals surface area (Å²) in [5.41, 5.74) is 0.450. The van der Waals surface area contributed by atoms with E-state index < -0.39 is 5.97 Å². The summed E-state index contributed by atoms with van der Waals surface area (Å²) in [7, 11) is 1.82. The molecule has 0 saturated carbocycles. The first kappa shape index (κ1) is 21.3. The fourth-order valence-corrected chi connectivity index (χ4v) is 3.71. The minimum atomic E-state index is -0.974. The molecule has 0 spiro atoms. The monoisotopic (exact) mass is 392 g/mol. The number of thiophene rings is 1. The lowest BCUT2D eigenvalue weighted by atomic mass is 9.98. The van der Waals surface area contributed by atoms with Gasteiger partial charge >= 0.3 is 5.97 Å². The number of hydrogen-bond donors (Lipinski definition) is 1. The highest BCUT2D eigenvalue weighted by Crippen LogP contribution is 2.30. The zero-order valence-corrected chi connectivity index (χ0v) is 17.5. The fourth-order valence-electron chi connectivity index (χ4n) is 2.81. The molecule has 27 heavy (non-hydrogen) atoms. The molecule has 0 aromatic carbocycles. The van der Waals surface area contributed by atoms with Gasteiger partial charge in [-0.15, -0.1) is 11.3 Å². The van der Waals surface area contributed by atoms with E-state index in [1.54, 1.807) is 6.07 Å². The second kappa shape index (κ2) is 8.77. The normalized spacial score (nSPS) is 15.7. The van der Waals surface area contributed by atoms with Crippen LogP contribution in [-0.4, -0.2) is 61.8 Å². The molecule has 7 heteroatoms. The van der Waals surface area contributed by atoms with Crippen LogP contribution in [0.4, 0.5) is 5.69 Å². The third-order valence-corrected chi connectivity index (χ3v) is 5.20. The van der Waals surface area contributed by atoms with Gasteiger partial charge in [-0.1, -0.05) is 18.8 Å². The standard InChI is InChI=1S/C20H28N2O4S/c1-14(18(23)22-8-10-26-11-9-22)13-21(5)16-12-15(6-7-20(2,3)4)27-17(16)19(24)25/h12,14H,8-11,13H2,1-5H3,(H,24,25). The molecule has 0 bridgehead atoms. The lowest BCUT2D eigenvalue weighted by Gasteiger charge is -2.31. The third-order valence-electron chi connectivity index (χ3n) is 4.17. The first-order valence-electron chi connectivity index (χ1n) is 9.06. The van der Waals surface area contributed by atoms with E-state index in [0.29, 0.717) is 38.5 Å². The molecular formula is C20H28N2O4S. The van der Waals surface area contributed by atoms with Crippen LogP contribution in [0.15, 0.2) is 6.07 Å². The van der Waals surface area contributed by atoms with Gasteiger partial charge in [0.05, 0.1) is 29.7 Å². The summed E-state index contributed by atoms with van der Waals surface area (Å²) in [6, 6.07) is 1.80. The van der Waals surface area contributed by atoms with E-state index in [1.807, 2.05) is 44.5 Å². The van der Waals surface area contributed by atoms with Gasteiger partial charge in [-0.2, -0.15) is 0 Å². The maximum Gasteiger partial charge on any atom is 0.348 e. The Bertz CT molecular complexity index is 748. The Kier molecular flexibility index (Phi) is 6.90. The number of carbonyl (C=O) groups excluding carboxylic acids is 1. The maximum absolute atomic E-state index is 12.6. The molecule has 1 aliphatic rings. The average molecular weight is 393 g/mol. The maximum atomic E-state index is 12.6. The van der Waals surface area contributed by atoms with Crippen LogP contribution in [0, 0.1) is 23.2 Å². The number of rotatable bonds is 5. The van der Waals surface area contributed by atoms with Crippen LogP contribution in [0.25, 0.3) is 0 Å². The zero-order chi connectivity index (χ0) is 20.2. The minimum absolute atomic E-state index is 0.0741. The predicted octanol–water partition coefficient (Wildman–Crippen LogP) is 2.78. The molecule has 1 aromatic rings. The summed E-state index contributed by atoms with van der Waals surface area (Å²) >= 11 is 1.17. The van der Waals surface area contributed by atoms with E-state index in [2.05, 4.69) is 11.8 Å². The Labute approximate surface area is 165 Å². The van der Waals surface area contributed by atoms with Crippen LogP contribution in [0.3, 0.4) is 0 Å². The molecule has 0 radical (unpaired) electrons. The Hall–Kier alpha value is -2.04. The van der Waals surface area contributed by atoms with E-state index in [9.17, 15) is 14.7 Å². The first-order valence-corrected chi connectivity index (χ1v) is 9.88. The van der Waals surface area contributed by atoms with E-state index in [0.717, 1.165) is 4.88 Å². The number of ether oxygens (including phenoxy) is 1. The summed E-state index contributed by atoms with van der Waals surface area (Å²) in [4.78, 5) is 28.9. The number of hydrogen-bond acceptors (Lipinski definition) is 5. The molecule has 1 N–H and O–H groups in total. The van der Waals surface area contributed by atoms with Crippen LogP contribution in [-0.2, 0) is 9.53 Å². The number of morpholine rings is 1. The quantitative estimate of drug-likeness (QED) is 0.781. The van der Waals surface area contributed by atoms with Gasteiger partial charge in [0.15, 0.2) is 0 Å². The number of nitrogens with zero attached hydrogens (tertiary/aromatic N) is 2. The van der Waals surface area contributed by atoms with Crippen molar-refractivity contribution in [2.75, 3.05) is 44.8 Å². The van der Waals surface area contributed by atoms with Crippen molar-refractivity contribution >= 4 is 28.9 Å². The molecule has 1 aliphatic heterocycles. The number of aromatic carboxylic acids is 1. The molecule has 148 valence electrons. The highest BCUT2D eigenvalue weighted by atomic mass is 32.1. The zero-order valence-electron chi connectivity index (χ0n) is 16.7. The molecule has 1 fully saturated rings. The van der Waals surface area contributed by atoms with Gasteiger partial charge in [0.25, 0.3) is 0 Å². The van der Waals surface area contributed by atoms with Gasteiger partial charge in [0.2, 0.25) is 5.91 Å². The van der Waals surface area contributed by atoms with Gasteiger partial charge in [-0.05, 0) is 26.8 Å². The molecule has 6 nitrogen and oxygen atoms in total. The summed E-state index contributed by atoms with van der Waals surface area (Å²) in [5.74, 6) is 5.07. The molecule has 1 saturated heterocycles. The van der Waals surface area contributed by atoms with Gasteiger partial charge in [0.1, 0.15) is 4.88 Å². The van der Waals surface area contributed by atoms with Crippen LogP contribution >= 0.6 is 11.3 Å². The minimum Gasteiger partial charge on any atom is -0.477 e. The highest BCUT2D eigenvalue weighted by molar-refractivity contribution is 7.15. The smallest absolute Gasteiger partial charge is 0.348 e. The van der Waals surface area contributed by atoms with E-state index in [4.69, 9.17) is 4.74 Å². The van der Waals surface area contributed by atoms with Gasteiger partial charge in [-0.25, -0.2) is 4.79 Å². The largest absolute Gasteiger partial charge is 0.477 e. The lowest BCUT2D eigenvalue weighted by Crippen LogP contribution is -2.45. The van der Waals surface area contributed by atoms with E-state index in [-0.39, 0.29) is 22.1 Å². The Morgan fingerprint density at radius 1 is 1.37 bits per heavy atom. The topological polar surface area (TPSA) is 70.1 Å². The Morgan fingerprint density at radius 2 is 2.00 bits per heavy atom. The van der Waals surface area contributed by atoms with Crippen molar-refractivity contribution in [1.29, 1.82) is 0 Å². The number of carbonyl (C=O) groups is 2. The van der Waals surface area contributed by atoms with Crippen molar-refractivity contribution in [3.05, 3.63) is 15.8 Å². The van der Waals surface area contributed by atoms with Crippen LogP contribution < -0.4 is 4.90 Å². The lowest BCUT2D eigenvalue weighted by molar-refractivity contribution is -0.138. The summed E-state index contributed by atoms with van der Waals surface area (Å²) in [5, 5.41) is 9.55. The van der Waals surface area contributed by atoms with Gasteiger partial charge in [-0.3, -0.25) is 4.79 Å². The molecule has 1 atom stereocenters. The van der Waals surface area contributed by atoms with Crippen molar-refractivity contribution in [3.63, 3.8) is 0 Å². The molecule has 2 heterocycles. The molecule has 2 rings (SSSR count). The predicted molar refractivity (Wildman–Crippen MR) is 107 cm³/mol. The third kappa shape index (κ3) is 5.98. The van der Waals surface area contributed by atoms with Crippen molar-refractivity contribution in [3.8, 4) is 11.8 Å². The summed E-state index contributed by atoms with van der Waals surface area (Å²) in [6.45, 7) is 10.7. The van der Waals surface area contributed by atoms with Crippen LogP contribution in [0.5, 0.6) is 0 Å². The van der Waals surface area contributed by atoms with Crippen molar-refractivity contribution in [2.45, 2.75) is 27.7 Å². The summed E-state index contributed by atoms with van der Waals surface area (Å²) in [6.07, 6.45) is 0. The van der Waals surface area contributed by atoms with Crippen LogP contribution in [0.1, 0.15) is 42.2 Å². The first-order chi connectivity index (χ1) is 12.6. The Morgan fingerprint density at radius 3 is 2.56 bits per heavy atom. The van der Waals surface area contributed by atoms with Crippen molar-refractivity contribution in [2.24, 2.45) is 11.3 Å². The SMILES string of the molecule is CC(CN(C)c1cc(C#CC(C)(C)C)sc1C(=O)O)C(=O)N1CCOCC1. The number of anilines is 1. The van der Waals surface area contributed by atoms with Gasteiger partial charge in [0, 0.05) is 32.1 Å². The Balaban J connectivity index is 2.15.